The van der Waals surface area contributed by atoms with Crippen molar-refractivity contribution in [2.75, 3.05) is 26.2 Å². The molecule has 0 aromatic carbocycles. The van der Waals surface area contributed by atoms with Crippen LogP contribution in [0.25, 0.3) is 0 Å². The maximum atomic E-state index is 12.4. The summed E-state index contributed by atoms with van der Waals surface area (Å²) in [5.41, 5.74) is 0. The van der Waals surface area contributed by atoms with Crippen molar-refractivity contribution in [3.63, 3.8) is 0 Å². The molecule has 1 atom stereocenters. The zero-order valence-electron chi connectivity index (χ0n) is 10.4. The van der Waals surface area contributed by atoms with Gasteiger partial charge >= 0.3 is 5.97 Å². The molecule has 0 bridgehead atoms. The number of carbonyl (C=O) groups is 2. The maximum Gasteiger partial charge on any atom is 0.322 e. The average Bonchev–Trinajstić information content (AvgIpc) is 2.38. The van der Waals surface area contributed by atoms with E-state index >= 15 is 0 Å². The lowest BCUT2D eigenvalue weighted by Gasteiger charge is -2.36. The highest BCUT2D eigenvalue weighted by atomic mass is 32.2. The lowest BCUT2D eigenvalue weighted by atomic mass is 10.1. The van der Waals surface area contributed by atoms with Crippen molar-refractivity contribution in [2.24, 2.45) is 0 Å². The molecule has 2 heterocycles. The van der Waals surface area contributed by atoms with E-state index in [1.807, 2.05) is 0 Å². The van der Waals surface area contributed by atoms with Gasteiger partial charge in [-0.1, -0.05) is 0 Å². The fourth-order valence-electron chi connectivity index (χ4n) is 2.39. The second kappa shape index (κ2) is 5.43. The number of carboxylic acid groups (broad SMARTS) is 1. The fourth-order valence-corrected chi connectivity index (χ4v) is 4.16. The lowest BCUT2D eigenvalue weighted by Crippen LogP contribution is -2.58. The molecule has 9 heteroatoms. The fraction of sp³-hybridized carbons (Fsp3) is 0.800. The Balaban J connectivity index is 2.21. The molecule has 2 aliphatic rings. The molecule has 0 aromatic heterocycles. The lowest BCUT2D eigenvalue weighted by molar-refractivity contribution is -0.142. The number of piperazine rings is 1. The van der Waals surface area contributed by atoms with E-state index in [9.17, 15) is 18.0 Å². The van der Waals surface area contributed by atoms with Crippen LogP contribution < -0.4 is 5.32 Å². The number of hydrogen-bond acceptors (Lipinski definition) is 4. The Morgan fingerprint density at radius 2 is 2.05 bits per heavy atom. The molecule has 2 N–H and O–H groups in total. The molecular formula is C10H17N3O5S. The third kappa shape index (κ3) is 2.88. The van der Waals surface area contributed by atoms with Crippen molar-refractivity contribution < 1.29 is 23.1 Å². The SMILES string of the molecule is O=C1CN(S(=O)(=O)N2CCCCC2C(=O)O)CCN1. The molecule has 0 aliphatic carbocycles. The van der Waals surface area contributed by atoms with Gasteiger partial charge in [-0.05, 0) is 19.3 Å². The number of aliphatic carboxylic acids is 1. The van der Waals surface area contributed by atoms with Gasteiger partial charge in [0, 0.05) is 19.6 Å². The van der Waals surface area contributed by atoms with E-state index in [0.29, 0.717) is 19.3 Å². The standard InChI is InChI=1S/C10H17N3O5S/c14-9-7-12(6-4-11-9)19(17,18)13-5-2-1-3-8(13)10(15)16/h8H,1-7H2,(H,11,14)(H,15,16). The van der Waals surface area contributed by atoms with E-state index in [1.54, 1.807) is 0 Å². The normalized spacial score (nSPS) is 26.9. The third-order valence-corrected chi connectivity index (χ3v) is 5.36. The zero-order valence-corrected chi connectivity index (χ0v) is 11.2. The molecule has 2 fully saturated rings. The summed E-state index contributed by atoms with van der Waals surface area (Å²) < 4.78 is 26.9. The van der Waals surface area contributed by atoms with Gasteiger partial charge in [-0.3, -0.25) is 9.59 Å². The molecule has 0 aromatic rings. The molecule has 19 heavy (non-hydrogen) atoms. The van der Waals surface area contributed by atoms with Crippen LogP contribution in [0, 0.1) is 0 Å². The van der Waals surface area contributed by atoms with E-state index < -0.39 is 22.2 Å². The Bertz CT molecular complexity index is 478. The van der Waals surface area contributed by atoms with Gasteiger partial charge in [0.2, 0.25) is 5.91 Å². The molecule has 1 unspecified atom stereocenters. The predicted molar refractivity (Wildman–Crippen MR) is 65.5 cm³/mol. The Kier molecular flexibility index (Phi) is 4.07. The van der Waals surface area contributed by atoms with Crippen LogP contribution in [0.15, 0.2) is 0 Å². The predicted octanol–water partition coefficient (Wildman–Crippen LogP) is -1.40. The smallest absolute Gasteiger partial charge is 0.322 e. The van der Waals surface area contributed by atoms with Crippen LogP contribution in [0.4, 0.5) is 0 Å². The molecular weight excluding hydrogens is 274 g/mol. The minimum Gasteiger partial charge on any atom is -0.480 e. The molecule has 0 saturated carbocycles. The molecule has 1 amide bonds. The quantitative estimate of drug-likeness (QED) is 0.665. The number of hydrogen-bond donors (Lipinski definition) is 2. The van der Waals surface area contributed by atoms with Crippen molar-refractivity contribution in [2.45, 2.75) is 25.3 Å². The molecule has 8 nitrogen and oxygen atoms in total. The van der Waals surface area contributed by atoms with Gasteiger partial charge in [-0.2, -0.15) is 17.0 Å². The van der Waals surface area contributed by atoms with Crippen molar-refractivity contribution in [3.05, 3.63) is 0 Å². The van der Waals surface area contributed by atoms with Crippen LogP contribution in [0.3, 0.4) is 0 Å². The highest BCUT2D eigenvalue weighted by Crippen LogP contribution is 2.23. The Morgan fingerprint density at radius 1 is 1.32 bits per heavy atom. The summed E-state index contributed by atoms with van der Waals surface area (Å²) in [4.78, 5) is 22.4. The summed E-state index contributed by atoms with van der Waals surface area (Å²) in [6.07, 6.45) is 1.65. The van der Waals surface area contributed by atoms with Gasteiger partial charge in [-0.15, -0.1) is 0 Å². The average molecular weight is 291 g/mol. The van der Waals surface area contributed by atoms with Crippen LogP contribution in [0.1, 0.15) is 19.3 Å². The molecule has 108 valence electrons. The van der Waals surface area contributed by atoms with Gasteiger partial charge in [0.15, 0.2) is 0 Å². The van der Waals surface area contributed by atoms with E-state index in [4.69, 9.17) is 5.11 Å². The van der Waals surface area contributed by atoms with Gasteiger partial charge in [0.05, 0.1) is 6.54 Å². The summed E-state index contributed by atoms with van der Waals surface area (Å²) in [7, 11) is -3.89. The van der Waals surface area contributed by atoms with E-state index in [-0.39, 0.29) is 32.1 Å². The number of amides is 1. The third-order valence-electron chi connectivity index (χ3n) is 3.36. The van der Waals surface area contributed by atoms with Crippen LogP contribution in [0.5, 0.6) is 0 Å². The van der Waals surface area contributed by atoms with Crippen LogP contribution in [0.2, 0.25) is 0 Å². The highest BCUT2D eigenvalue weighted by molar-refractivity contribution is 7.86. The largest absolute Gasteiger partial charge is 0.480 e. The van der Waals surface area contributed by atoms with Crippen LogP contribution >= 0.6 is 0 Å². The first-order valence-corrected chi connectivity index (χ1v) is 7.59. The van der Waals surface area contributed by atoms with Crippen molar-refractivity contribution >= 4 is 22.1 Å². The minimum atomic E-state index is -3.89. The molecule has 0 spiro atoms. The first-order chi connectivity index (χ1) is 8.93. The van der Waals surface area contributed by atoms with Gasteiger partial charge in [-0.25, -0.2) is 0 Å². The number of rotatable bonds is 3. The molecule has 2 rings (SSSR count). The van der Waals surface area contributed by atoms with Crippen molar-refractivity contribution in [1.82, 2.24) is 13.9 Å². The minimum absolute atomic E-state index is 0.177. The summed E-state index contributed by atoms with van der Waals surface area (Å²) in [6, 6.07) is -1.02. The Hall–Kier alpha value is -1.19. The summed E-state index contributed by atoms with van der Waals surface area (Å²) in [6.45, 7) is 0.378. The van der Waals surface area contributed by atoms with Gasteiger partial charge in [0.1, 0.15) is 6.04 Å². The van der Waals surface area contributed by atoms with Gasteiger partial charge in [0.25, 0.3) is 10.2 Å². The summed E-state index contributed by atoms with van der Waals surface area (Å²) in [5.74, 6) is -1.50. The number of nitrogens with one attached hydrogen (secondary N) is 1. The monoisotopic (exact) mass is 291 g/mol. The van der Waals surface area contributed by atoms with E-state index in [2.05, 4.69) is 5.32 Å². The van der Waals surface area contributed by atoms with Crippen LogP contribution in [-0.4, -0.2) is 66.2 Å². The van der Waals surface area contributed by atoms with Gasteiger partial charge < -0.3 is 10.4 Å². The first kappa shape index (κ1) is 14.2. The number of carboxylic acids is 1. The summed E-state index contributed by atoms with van der Waals surface area (Å²) in [5, 5.41) is 11.7. The summed E-state index contributed by atoms with van der Waals surface area (Å²) >= 11 is 0. The Labute approximate surface area is 111 Å². The highest BCUT2D eigenvalue weighted by Gasteiger charge is 2.41. The maximum absolute atomic E-state index is 12.4. The zero-order chi connectivity index (χ0) is 14.0. The topological polar surface area (TPSA) is 107 Å². The number of carbonyl (C=O) groups excluding carboxylic acids is 1. The second-order valence-corrected chi connectivity index (χ2v) is 6.53. The number of nitrogens with zero attached hydrogens (tertiary/aromatic N) is 2. The molecule has 0 radical (unpaired) electrons. The first-order valence-electron chi connectivity index (χ1n) is 6.19. The van der Waals surface area contributed by atoms with Crippen molar-refractivity contribution in [3.8, 4) is 0 Å². The van der Waals surface area contributed by atoms with E-state index in [1.165, 1.54) is 0 Å². The molecule has 2 saturated heterocycles. The second-order valence-electron chi connectivity index (χ2n) is 4.65. The molecule has 2 aliphatic heterocycles. The Morgan fingerprint density at radius 3 is 2.68 bits per heavy atom. The van der Waals surface area contributed by atoms with E-state index in [0.717, 1.165) is 8.61 Å². The van der Waals surface area contributed by atoms with Crippen molar-refractivity contribution in [1.29, 1.82) is 0 Å². The van der Waals surface area contributed by atoms with Crippen LogP contribution in [-0.2, 0) is 19.8 Å². The number of piperidine rings is 1.